The van der Waals surface area contributed by atoms with Crippen LogP contribution in [0.25, 0.3) is 0 Å². The molecule has 14 heteroatoms. The van der Waals surface area contributed by atoms with Crippen molar-refractivity contribution in [2.24, 2.45) is 123 Å². The minimum Gasteiger partial charge on any atom is -0.390 e. The SMILES string of the molecule is C=C(Cn1ccnn1)[C@H]1CC[C@H]2[C@@H]3CC[C@H]4C[C@](C)(O)CC[C@@H]4[C@H]3CC[C@]12C.C=C(Cn1nnc(C)n1)[C@H]1CC[C@H]2[C@@H]3CC[C@H]4C[C@](C)(O)CC[C@@H]4[C@H]3CC[C@]12C.C=C(Cn1nnnc1C)[C@H]1CC[C@H]2[C@@H]3CC[C@H]4C[C@](C)(O)CC[C@@H]4[C@H]3CC[C@]12C. The highest BCUT2D eigenvalue weighted by Gasteiger charge is 2.61. The Morgan fingerprint density at radius 1 is 0.453 bits per heavy atom. The van der Waals surface area contributed by atoms with E-state index in [1.54, 1.807) is 11.0 Å². The van der Waals surface area contributed by atoms with E-state index in [4.69, 9.17) is 0 Å². The molecule has 3 aromatic rings. The van der Waals surface area contributed by atoms with Gasteiger partial charge in [-0.2, -0.15) is 4.80 Å². The van der Waals surface area contributed by atoms with Gasteiger partial charge in [0.05, 0.1) is 42.6 Å². The second-order valence-corrected chi connectivity index (χ2v) is 33.9. The lowest BCUT2D eigenvalue weighted by molar-refractivity contribution is -0.0980. The Labute approximate surface area is 516 Å². The molecule has 3 heterocycles. The molecule has 3 N–H and O–H groups in total. The molecule has 12 aliphatic carbocycles. The molecule has 0 unspecified atom stereocenters. The number of hydrogen-bond acceptors (Lipinski definition) is 11. The van der Waals surface area contributed by atoms with Gasteiger partial charge in [0.15, 0.2) is 5.82 Å². The summed E-state index contributed by atoms with van der Waals surface area (Å²) in [5, 5.41) is 64.5. The van der Waals surface area contributed by atoms with Crippen LogP contribution in [-0.4, -0.2) is 87.5 Å². The van der Waals surface area contributed by atoms with E-state index < -0.39 is 16.8 Å². The van der Waals surface area contributed by atoms with E-state index in [9.17, 15) is 15.3 Å². The summed E-state index contributed by atoms with van der Waals surface area (Å²) in [5.74, 6) is 16.3. The highest BCUT2D eigenvalue weighted by molar-refractivity contribution is 5.19. The molecule has 12 fully saturated rings. The first kappa shape index (κ1) is 61.2. The number of aromatic nitrogens is 11. The molecule has 12 saturated carbocycles. The largest absolute Gasteiger partial charge is 0.390 e. The molecule has 14 nitrogen and oxygen atoms in total. The summed E-state index contributed by atoms with van der Waals surface area (Å²) in [6.45, 7) is 33.6. The number of rotatable bonds is 9. The van der Waals surface area contributed by atoms with Crippen molar-refractivity contribution >= 4 is 0 Å². The van der Waals surface area contributed by atoms with Crippen molar-refractivity contribution in [1.29, 1.82) is 0 Å². The molecule has 0 bridgehead atoms. The molecule has 3 aromatic heterocycles. The average molecular weight is 1180 g/mol. The van der Waals surface area contributed by atoms with E-state index in [-0.39, 0.29) is 0 Å². The van der Waals surface area contributed by atoms with E-state index >= 15 is 0 Å². The van der Waals surface area contributed by atoms with E-state index in [2.05, 4.69) is 103 Å². The van der Waals surface area contributed by atoms with Crippen LogP contribution >= 0.6 is 0 Å². The molecule has 474 valence electrons. The average Bonchev–Trinajstić information content (AvgIpc) is 1.45. The summed E-state index contributed by atoms with van der Waals surface area (Å²) in [7, 11) is 0. The fourth-order valence-electron chi connectivity index (χ4n) is 25.3. The van der Waals surface area contributed by atoms with Crippen molar-refractivity contribution in [3.05, 3.63) is 60.5 Å². The Morgan fingerprint density at radius 3 is 1.23 bits per heavy atom. The molecular weight excluding hydrogens is 1070 g/mol. The second kappa shape index (κ2) is 23.3. The summed E-state index contributed by atoms with van der Waals surface area (Å²) in [6, 6.07) is 0. The Hall–Kier alpha value is -3.62. The van der Waals surface area contributed by atoms with E-state index in [1.807, 2.05) is 29.4 Å². The van der Waals surface area contributed by atoms with Crippen molar-refractivity contribution < 1.29 is 15.3 Å². The maximum atomic E-state index is 10.6. The number of aryl methyl sites for hydroxylation is 2. The molecule has 0 amide bonds. The second-order valence-electron chi connectivity index (χ2n) is 33.9. The van der Waals surface area contributed by atoms with E-state index in [1.165, 1.54) is 152 Å². The van der Waals surface area contributed by atoms with Crippen molar-refractivity contribution in [2.75, 3.05) is 0 Å². The lowest BCUT2D eigenvalue weighted by Crippen LogP contribution is -2.50. The minimum absolute atomic E-state index is 0.390. The van der Waals surface area contributed by atoms with Gasteiger partial charge in [-0.3, -0.25) is 0 Å². The zero-order chi connectivity index (χ0) is 60.3. The van der Waals surface area contributed by atoms with Gasteiger partial charge >= 0.3 is 0 Å². The first-order valence-electron chi connectivity index (χ1n) is 35.4. The van der Waals surface area contributed by atoms with Crippen LogP contribution in [0.3, 0.4) is 0 Å². The molecule has 0 saturated heterocycles. The van der Waals surface area contributed by atoms with Gasteiger partial charge in [-0.15, -0.1) is 20.4 Å². The maximum Gasteiger partial charge on any atom is 0.171 e. The molecule has 12 aliphatic rings. The van der Waals surface area contributed by atoms with Gasteiger partial charge in [0.1, 0.15) is 5.82 Å². The monoisotopic (exact) mass is 1180 g/mol. The normalized spacial score (nSPS) is 47.0. The minimum atomic E-state index is -0.416. The Balaban J connectivity index is 0.000000120. The van der Waals surface area contributed by atoms with Gasteiger partial charge in [0, 0.05) is 6.20 Å². The number of aliphatic hydroxyl groups is 3. The molecule has 0 spiro atoms. The Bertz CT molecular complexity index is 2910. The number of tetrazole rings is 2. The number of allylic oxidation sites excluding steroid dienone is 3. The Morgan fingerprint density at radius 2 is 0.860 bits per heavy atom. The number of hydrogen-bond donors (Lipinski definition) is 3. The lowest BCUT2D eigenvalue weighted by Gasteiger charge is -2.57. The van der Waals surface area contributed by atoms with E-state index in [0.717, 1.165) is 152 Å². The van der Waals surface area contributed by atoms with Gasteiger partial charge in [0.25, 0.3) is 0 Å². The Kier molecular flexibility index (Phi) is 16.6. The number of fused-ring (bicyclic) bond motifs is 15. The third-order valence-corrected chi connectivity index (χ3v) is 29.0. The zero-order valence-corrected chi connectivity index (χ0v) is 54.6. The highest BCUT2D eigenvalue weighted by atomic mass is 16.3. The summed E-state index contributed by atoms with van der Waals surface area (Å²) in [6.07, 6.45) is 38.0. The summed E-state index contributed by atoms with van der Waals surface area (Å²) >= 11 is 0. The first-order chi connectivity index (χ1) is 40.9. The van der Waals surface area contributed by atoms with Crippen molar-refractivity contribution in [3.63, 3.8) is 0 Å². The topological polar surface area (TPSA) is 179 Å². The van der Waals surface area contributed by atoms with Crippen molar-refractivity contribution in [1.82, 2.24) is 55.4 Å². The van der Waals surface area contributed by atoms with Crippen LogP contribution in [0.15, 0.2) is 48.8 Å². The predicted octanol–water partition coefficient (Wildman–Crippen LogP) is 14.0. The fraction of sp³-hybridized carbons (Fsp3) is 0.861. The van der Waals surface area contributed by atoms with Crippen LogP contribution in [0.4, 0.5) is 0 Å². The molecule has 15 rings (SSSR count). The quantitative estimate of drug-likeness (QED) is 0.174. The summed E-state index contributed by atoms with van der Waals surface area (Å²) in [4.78, 5) is 1.72. The van der Waals surface area contributed by atoms with Gasteiger partial charge in [0.2, 0.25) is 0 Å². The van der Waals surface area contributed by atoms with Gasteiger partial charge in [-0.25, -0.2) is 9.36 Å². The predicted molar refractivity (Wildman–Crippen MR) is 336 cm³/mol. The van der Waals surface area contributed by atoms with Crippen LogP contribution < -0.4 is 0 Å². The third kappa shape index (κ3) is 11.3. The van der Waals surface area contributed by atoms with Crippen molar-refractivity contribution in [3.8, 4) is 0 Å². The standard InChI is InChI=1S/2C24H38N4O.C24H37N3O/c1-15(14-28-16(2)25-26-27-28)21-7-8-22-20-6-5-17-13-23(3,29)11-9-18(17)19(20)10-12-24(21,22)4;1-15(14-28-26-16(2)25-27-28)21-7-8-22-20-6-5-17-13-23(3,29)11-9-18(17)19(20)10-12-24(21,22)4;1-16(15-27-13-12-25-26-27)21-6-7-22-20-5-4-17-14-23(2,28)10-8-18(17)19(20)9-11-24(21,22)3/h2*17-22,29H,1,5-14H2,2-4H3;12-13,17-22,28H,1,4-11,14-15H2,2-3H3/t3*17-,18-,19+,20+,21+,22-,23+,24+/m000/s1. The van der Waals surface area contributed by atoms with Crippen LogP contribution in [0.1, 0.15) is 227 Å². The fourth-order valence-corrected chi connectivity index (χ4v) is 25.3. The molecule has 24 atom stereocenters. The van der Waals surface area contributed by atoms with Crippen LogP contribution in [0.2, 0.25) is 0 Å². The molecule has 0 aromatic carbocycles. The lowest BCUT2D eigenvalue weighted by atomic mass is 9.49. The molecule has 0 aliphatic heterocycles. The molecular formula is C72H113N11O3. The maximum absolute atomic E-state index is 10.6. The first-order valence-corrected chi connectivity index (χ1v) is 35.4. The van der Waals surface area contributed by atoms with Crippen molar-refractivity contribution in [2.45, 2.75) is 265 Å². The van der Waals surface area contributed by atoms with Gasteiger partial charge < -0.3 is 15.3 Å². The third-order valence-electron chi connectivity index (χ3n) is 29.0. The van der Waals surface area contributed by atoms with E-state index in [0.29, 0.717) is 40.5 Å². The van der Waals surface area contributed by atoms with Crippen LogP contribution in [0, 0.1) is 137 Å². The zero-order valence-electron chi connectivity index (χ0n) is 54.6. The number of nitrogens with zero attached hydrogens (tertiary/aromatic N) is 11. The van der Waals surface area contributed by atoms with Crippen LogP contribution in [-0.2, 0) is 19.6 Å². The summed E-state index contributed by atoms with van der Waals surface area (Å²) < 4.78 is 3.84. The van der Waals surface area contributed by atoms with Crippen LogP contribution in [0.5, 0.6) is 0 Å². The summed E-state index contributed by atoms with van der Waals surface area (Å²) in [5.41, 5.74) is 3.95. The smallest absolute Gasteiger partial charge is 0.171 e. The molecule has 0 radical (unpaired) electrons. The van der Waals surface area contributed by atoms with Gasteiger partial charge in [-0.1, -0.05) is 62.4 Å². The highest BCUT2D eigenvalue weighted by Crippen LogP contribution is 2.69. The van der Waals surface area contributed by atoms with Gasteiger partial charge in [-0.05, 0) is 346 Å². The molecule has 86 heavy (non-hydrogen) atoms.